The van der Waals surface area contributed by atoms with Crippen molar-refractivity contribution in [3.05, 3.63) is 40.7 Å². The van der Waals surface area contributed by atoms with Crippen molar-refractivity contribution in [3.63, 3.8) is 0 Å². The van der Waals surface area contributed by atoms with Gasteiger partial charge in [-0.05, 0) is 31.2 Å². The molecule has 1 aromatic carbocycles. The van der Waals surface area contributed by atoms with Crippen molar-refractivity contribution < 1.29 is 9.59 Å². The first-order chi connectivity index (χ1) is 9.04. The fourth-order valence-corrected chi connectivity index (χ4v) is 2.08. The second-order valence-corrected chi connectivity index (χ2v) is 5.04. The number of benzene rings is 1. The molecule has 2 rings (SSSR count). The van der Waals surface area contributed by atoms with Crippen LogP contribution >= 0.6 is 23.1 Å². The maximum absolute atomic E-state index is 11.9. The van der Waals surface area contributed by atoms with Gasteiger partial charge in [0.25, 0.3) is 5.91 Å². The summed E-state index contributed by atoms with van der Waals surface area (Å²) in [4.78, 5) is 26.9. The van der Waals surface area contributed by atoms with E-state index in [2.05, 4.69) is 14.7 Å². The largest absolute Gasteiger partial charge is 0.300 e. The van der Waals surface area contributed by atoms with Crippen molar-refractivity contribution in [2.45, 2.75) is 13.3 Å². The zero-order chi connectivity index (χ0) is 13.8. The van der Waals surface area contributed by atoms with Crippen LogP contribution in [-0.2, 0) is 11.2 Å². The number of hydrogen-bond donors (Lipinski definition) is 1. The van der Waals surface area contributed by atoms with E-state index in [1.165, 1.54) is 6.92 Å². The molecule has 2 aromatic rings. The van der Waals surface area contributed by atoms with Gasteiger partial charge in [0.15, 0.2) is 5.82 Å². The number of anilines is 1. The number of rotatable bonds is 4. The van der Waals surface area contributed by atoms with Crippen molar-refractivity contribution in [2.24, 2.45) is 0 Å². The number of hydrogen-bond acceptors (Lipinski definition) is 5. The van der Waals surface area contributed by atoms with Gasteiger partial charge in [-0.25, -0.2) is 4.98 Å². The summed E-state index contributed by atoms with van der Waals surface area (Å²) < 4.78 is 3.99. The molecule has 98 valence electrons. The van der Waals surface area contributed by atoms with Crippen LogP contribution in [0.5, 0.6) is 0 Å². The number of carbonyl (C=O) groups excluding carboxylic acids is 2. The molecule has 1 amide bonds. The molecule has 0 bridgehead atoms. The third-order valence-corrected chi connectivity index (χ3v) is 3.12. The minimum absolute atomic E-state index is 0.0200. The van der Waals surface area contributed by atoms with Gasteiger partial charge in [0.05, 0.1) is 6.42 Å². The molecule has 1 heterocycles. The SMILES string of the molecule is CC(=O)Cc1nsc(NC(=O)c2ccc(Cl)cc2)n1. The number of nitrogens with zero attached hydrogens (tertiary/aromatic N) is 2. The van der Waals surface area contributed by atoms with Crippen LogP contribution < -0.4 is 5.32 Å². The van der Waals surface area contributed by atoms with Crippen LogP contribution in [0.15, 0.2) is 24.3 Å². The van der Waals surface area contributed by atoms with Crippen molar-refractivity contribution in [2.75, 3.05) is 5.32 Å². The lowest BCUT2D eigenvalue weighted by atomic mass is 10.2. The van der Waals surface area contributed by atoms with E-state index in [9.17, 15) is 9.59 Å². The minimum Gasteiger partial charge on any atom is -0.300 e. The van der Waals surface area contributed by atoms with Gasteiger partial charge in [-0.1, -0.05) is 11.6 Å². The summed E-state index contributed by atoms with van der Waals surface area (Å²) >= 11 is 6.79. The number of aromatic nitrogens is 2. The van der Waals surface area contributed by atoms with Crippen LogP contribution in [0, 0.1) is 0 Å². The molecule has 0 unspecified atom stereocenters. The zero-order valence-electron chi connectivity index (χ0n) is 10.0. The summed E-state index contributed by atoms with van der Waals surface area (Å²) in [5.74, 6) is 0.111. The molecule has 0 atom stereocenters. The Bertz CT molecular complexity index is 610. The topological polar surface area (TPSA) is 72.0 Å². The standard InChI is InChI=1S/C12H10ClN3O2S/c1-7(17)6-10-14-12(19-16-10)15-11(18)8-2-4-9(13)5-3-8/h2-5H,6H2,1H3,(H,14,15,16,18). The minimum atomic E-state index is -0.290. The highest BCUT2D eigenvalue weighted by Crippen LogP contribution is 2.14. The average Bonchev–Trinajstić information content (AvgIpc) is 2.76. The quantitative estimate of drug-likeness (QED) is 0.941. The molecule has 7 heteroatoms. The molecule has 1 N–H and O–H groups in total. The van der Waals surface area contributed by atoms with E-state index in [0.717, 1.165) is 11.5 Å². The Morgan fingerprint density at radius 2 is 2.00 bits per heavy atom. The fourth-order valence-electron chi connectivity index (χ4n) is 1.37. The van der Waals surface area contributed by atoms with E-state index in [0.29, 0.717) is 21.5 Å². The second-order valence-electron chi connectivity index (χ2n) is 3.86. The zero-order valence-corrected chi connectivity index (χ0v) is 11.6. The highest BCUT2D eigenvalue weighted by molar-refractivity contribution is 7.09. The van der Waals surface area contributed by atoms with Crippen LogP contribution in [0.2, 0.25) is 5.02 Å². The summed E-state index contributed by atoms with van der Waals surface area (Å²) in [5, 5.41) is 3.56. The van der Waals surface area contributed by atoms with Crippen LogP contribution in [0.4, 0.5) is 5.13 Å². The van der Waals surface area contributed by atoms with E-state index in [-0.39, 0.29) is 18.1 Å². The fraction of sp³-hybridized carbons (Fsp3) is 0.167. The number of Topliss-reactive ketones (excluding diaryl/α,β-unsaturated/α-hetero) is 1. The molecule has 1 aromatic heterocycles. The Morgan fingerprint density at radius 1 is 1.32 bits per heavy atom. The van der Waals surface area contributed by atoms with Gasteiger partial charge < -0.3 is 0 Å². The smallest absolute Gasteiger partial charge is 0.257 e. The molecule has 0 spiro atoms. The molecule has 0 fully saturated rings. The maximum Gasteiger partial charge on any atom is 0.257 e. The third-order valence-electron chi connectivity index (χ3n) is 2.20. The van der Waals surface area contributed by atoms with Crippen LogP contribution in [-0.4, -0.2) is 21.0 Å². The van der Waals surface area contributed by atoms with Gasteiger partial charge in [0.1, 0.15) is 5.78 Å². The van der Waals surface area contributed by atoms with Crippen LogP contribution in [0.1, 0.15) is 23.1 Å². The number of amides is 1. The van der Waals surface area contributed by atoms with E-state index in [1.54, 1.807) is 24.3 Å². The normalized spacial score (nSPS) is 10.2. The lowest BCUT2D eigenvalue weighted by molar-refractivity contribution is -0.116. The summed E-state index contributed by atoms with van der Waals surface area (Å²) in [5.41, 5.74) is 0.479. The lowest BCUT2D eigenvalue weighted by Crippen LogP contribution is -2.11. The highest BCUT2D eigenvalue weighted by Gasteiger charge is 2.10. The first-order valence-electron chi connectivity index (χ1n) is 5.43. The maximum atomic E-state index is 11.9. The number of nitrogens with one attached hydrogen (secondary N) is 1. The summed E-state index contributed by atoms with van der Waals surface area (Å²) in [7, 11) is 0. The molecule has 19 heavy (non-hydrogen) atoms. The third kappa shape index (κ3) is 3.84. The van der Waals surface area contributed by atoms with Gasteiger partial charge in [0.2, 0.25) is 5.13 Å². The Balaban J connectivity index is 2.04. The van der Waals surface area contributed by atoms with E-state index in [1.807, 2.05) is 0 Å². The predicted molar refractivity (Wildman–Crippen MR) is 73.7 cm³/mol. The monoisotopic (exact) mass is 295 g/mol. The molecule has 0 radical (unpaired) electrons. The Hall–Kier alpha value is -1.79. The predicted octanol–water partition coefficient (Wildman–Crippen LogP) is 2.58. The van der Waals surface area contributed by atoms with E-state index in [4.69, 9.17) is 11.6 Å². The van der Waals surface area contributed by atoms with Gasteiger partial charge in [-0.3, -0.25) is 14.9 Å². The molecular formula is C12H10ClN3O2S. The Kier molecular flexibility index (Phi) is 4.24. The van der Waals surface area contributed by atoms with Gasteiger partial charge in [0, 0.05) is 22.1 Å². The Morgan fingerprint density at radius 3 is 2.63 bits per heavy atom. The second kappa shape index (κ2) is 5.90. The van der Waals surface area contributed by atoms with Crippen LogP contribution in [0.3, 0.4) is 0 Å². The molecule has 0 aliphatic rings. The average molecular weight is 296 g/mol. The molecule has 0 saturated heterocycles. The molecule has 0 aliphatic heterocycles. The summed E-state index contributed by atoms with van der Waals surface area (Å²) in [6, 6.07) is 6.51. The van der Waals surface area contributed by atoms with Gasteiger partial charge in [-0.15, -0.1) is 0 Å². The van der Waals surface area contributed by atoms with Gasteiger partial charge >= 0.3 is 0 Å². The van der Waals surface area contributed by atoms with Crippen LogP contribution in [0.25, 0.3) is 0 Å². The van der Waals surface area contributed by atoms with Crippen molar-refractivity contribution in [3.8, 4) is 0 Å². The van der Waals surface area contributed by atoms with E-state index >= 15 is 0 Å². The highest BCUT2D eigenvalue weighted by atomic mass is 35.5. The lowest BCUT2D eigenvalue weighted by Gasteiger charge is -2.00. The summed E-state index contributed by atoms with van der Waals surface area (Å²) in [6.45, 7) is 1.47. The van der Waals surface area contributed by atoms with Crippen molar-refractivity contribution in [1.82, 2.24) is 9.36 Å². The molecule has 0 aliphatic carbocycles. The number of ketones is 1. The first kappa shape index (κ1) is 13.6. The number of halogens is 1. The molecule has 0 saturated carbocycles. The first-order valence-corrected chi connectivity index (χ1v) is 6.58. The molecule has 5 nitrogen and oxygen atoms in total. The van der Waals surface area contributed by atoms with E-state index < -0.39 is 0 Å². The van der Waals surface area contributed by atoms with Crippen molar-refractivity contribution >= 4 is 40.0 Å². The summed E-state index contributed by atoms with van der Waals surface area (Å²) in [6.07, 6.45) is 0.174. The number of carbonyl (C=O) groups is 2. The Labute approximate surface area is 118 Å². The molecular weight excluding hydrogens is 286 g/mol. The van der Waals surface area contributed by atoms with Gasteiger partial charge in [-0.2, -0.15) is 4.37 Å². The van der Waals surface area contributed by atoms with Crippen molar-refractivity contribution in [1.29, 1.82) is 0 Å².